The van der Waals surface area contributed by atoms with E-state index in [0.29, 0.717) is 11.3 Å². The highest BCUT2D eigenvalue weighted by Gasteiger charge is 2.29. The van der Waals surface area contributed by atoms with Crippen LogP contribution in [0.25, 0.3) is 0 Å². The van der Waals surface area contributed by atoms with Crippen molar-refractivity contribution < 1.29 is 19.0 Å². The molecule has 0 bridgehead atoms. The molecule has 1 rings (SSSR count). The van der Waals surface area contributed by atoms with Crippen LogP contribution in [0.15, 0.2) is 18.2 Å². The van der Waals surface area contributed by atoms with Crippen LogP contribution >= 0.6 is 0 Å². The van der Waals surface area contributed by atoms with Gasteiger partial charge in [-0.15, -0.1) is 0 Å². The van der Waals surface area contributed by atoms with Gasteiger partial charge < -0.3 is 9.84 Å². The Kier molecular flexibility index (Phi) is 3.52. The van der Waals surface area contributed by atoms with E-state index in [1.165, 1.54) is 19.2 Å². The second kappa shape index (κ2) is 4.51. The predicted octanol–water partition coefficient (Wildman–Crippen LogP) is 2.49. The first-order valence-electron chi connectivity index (χ1n) is 4.93. The van der Waals surface area contributed by atoms with E-state index in [2.05, 4.69) is 0 Å². The standard InChI is InChI=1S/C12H15FO3/c1-12(2,11(14)15)7-8-9(13)5-4-6-10(8)16-3/h4-6H,7H2,1-3H3,(H,14,15). The van der Waals surface area contributed by atoms with Crippen LogP contribution in [0.1, 0.15) is 19.4 Å². The molecule has 16 heavy (non-hydrogen) atoms. The fourth-order valence-electron chi connectivity index (χ4n) is 1.42. The lowest BCUT2D eigenvalue weighted by molar-refractivity contribution is -0.146. The molecule has 0 saturated carbocycles. The first kappa shape index (κ1) is 12.5. The molecule has 0 saturated heterocycles. The van der Waals surface area contributed by atoms with Crippen molar-refractivity contribution in [3.8, 4) is 5.75 Å². The summed E-state index contributed by atoms with van der Waals surface area (Å²) in [7, 11) is 1.44. The van der Waals surface area contributed by atoms with Crippen LogP contribution in [0.3, 0.4) is 0 Å². The maximum Gasteiger partial charge on any atom is 0.309 e. The highest BCUT2D eigenvalue weighted by atomic mass is 19.1. The highest BCUT2D eigenvalue weighted by molar-refractivity contribution is 5.74. The van der Waals surface area contributed by atoms with Crippen molar-refractivity contribution >= 4 is 5.97 Å². The van der Waals surface area contributed by atoms with Gasteiger partial charge in [-0.1, -0.05) is 6.07 Å². The third kappa shape index (κ3) is 2.51. The smallest absolute Gasteiger partial charge is 0.309 e. The Labute approximate surface area is 93.9 Å². The van der Waals surface area contributed by atoms with Crippen LogP contribution in [0.5, 0.6) is 5.75 Å². The number of hydrogen-bond acceptors (Lipinski definition) is 2. The molecule has 0 aromatic heterocycles. The monoisotopic (exact) mass is 226 g/mol. The van der Waals surface area contributed by atoms with Crippen molar-refractivity contribution in [2.45, 2.75) is 20.3 Å². The summed E-state index contributed by atoms with van der Waals surface area (Å²) in [6.07, 6.45) is 0.0954. The molecular weight excluding hydrogens is 211 g/mol. The molecule has 4 heteroatoms. The molecule has 88 valence electrons. The molecule has 0 spiro atoms. The van der Waals surface area contributed by atoms with Crippen LogP contribution in [0.2, 0.25) is 0 Å². The van der Waals surface area contributed by atoms with Gasteiger partial charge >= 0.3 is 5.97 Å². The number of rotatable bonds is 4. The summed E-state index contributed by atoms with van der Waals surface area (Å²) < 4.78 is 18.6. The maximum atomic E-state index is 13.6. The molecule has 0 radical (unpaired) electrons. The first-order chi connectivity index (χ1) is 7.38. The van der Waals surface area contributed by atoms with E-state index in [1.807, 2.05) is 0 Å². The Hall–Kier alpha value is -1.58. The van der Waals surface area contributed by atoms with E-state index in [9.17, 15) is 9.18 Å². The lowest BCUT2D eigenvalue weighted by Gasteiger charge is -2.20. The van der Waals surface area contributed by atoms with Crippen molar-refractivity contribution in [2.75, 3.05) is 7.11 Å². The van der Waals surface area contributed by atoms with Crippen molar-refractivity contribution in [1.29, 1.82) is 0 Å². The average Bonchev–Trinajstić information content (AvgIpc) is 2.20. The zero-order chi connectivity index (χ0) is 12.3. The second-order valence-corrected chi connectivity index (χ2v) is 4.29. The second-order valence-electron chi connectivity index (χ2n) is 4.29. The summed E-state index contributed by atoms with van der Waals surface area (Å²) >= 11 is 0. The van der Waals surface area contributed by atoms with E-state index in [-0.39, 0.29) is 6.42 Å². The molecule has 0 aliphatic heterocycles. The summed E-state index contributed by atoms with van der Waals surface area (Å²) in [6, 6.07) is 4.46. The van der Waals surface area contributed by atoms with Crippen molar-refractivity contribution in [3.63, 3.8) is 0 Å². The minimum absolute atomic E-state index is 0.0954. The number of ether oxygens (including phenoxy) is 1. The van der Waals surface area contributed by atoms with Gasteiger partial charge in [-0.05, 0) is 32.4 Å². The number of methoxy groups -OCH3 is 1. The third-order valence-corrected chi connectivity index (χ3v) is 2.49. The fraction of sp³-hybridized carbons (Fsp3) is 0.417. The van der Waals surface area contributed by atoms with Gasteiger partial charge in [0, 0.05) is 5.56 Å². The van der Waals surface area contributed by atoms with Gasteiger partial charge in [-0.3, -0.25) is 4.79 Å². The molecule has 1 N–H and O–H groups in total. The quantitative estimate of drug-likeness (QED) is 0.857. The predicted molar refractivity (Wildman–Crippen MR) is 58.1 cm³/mol. The molecule has 0 unspecified atom stereocenters. The molecule has 0 atom stereocenters. The van der Waals surface area contributed by atoms with Crippen molar-refractivity contribution in [3.05, 3.63) is 29.6 Å². The zero-order valence-electron chi connectivity index (χ0n) is 9.58. The normalized spacial score (nSPS) is 11.2. The van der Waals surface area contributed by atoms with Gasteiger partial charge in [-0.25, -0.2) is 4.39 Å². The summed E-state index contributed by atoms with van der Waals surface area (Å²) in [6.45, 7) is 3.11. The zero-order valence-corrected chi connectivity index (χ0v) is 9.58. The summed E-state index contributed by atoms with van der Waals surface area (Å²) in [5.41, 5.74) is -0.715. The van der Waals surface area contributed by atoms with Crippen LogP contribution in [-0.2, 0) is 11.2 Å². The number of halogens is 1. The highest BCUT2D eigenvalue weighted by Crippen LogP contribution is 2.29. The van der Waals surface area contributed by atoms with E-state index in [1.54, 1.807) is 19.9 Å². The van der Waals surface area contributed by atoms with E-state index < -0.39 is 17.2 Å². The minimum Gasteiger partial charge on any atom is -0.496 e. The molecular formula is C12H15FO3. The van der Waals surface area contributed by atoms with E-state index in [0.717, 1.165) is 0 Å². The fourth-order valence-corrected chi connectivity index (χ4v) is 1.42. The molecule has 1 aromatic rings. The Morgan fingerprint density at radius 1 is 1.50 bits per heavy atom. The molecule has 0 aliphatic carbocycles. The Morgan fingerprint density at radius 3 is 2.62 bits per heavy atom. The number of carboxylic acid groups (broad SMARTS) is 1. The van der Waals surface area contributed by atoms with Crippen molar-refractivity contribution in [1.82, 2.24) is 0 Å². The molecule has 0 amide bonds. The molecule has 0 fully saturated rings. The van der Waals surface area contributed by atoms with Gasteiger partial charge in [0.05, 0.1) is 12.5 Å². The van der Waals surface area contributed by atoms with Gasteiger partial charge in [0.1, 0.15) is 11.6 Å². The molecule has 3 nitrogen and oxygen atoms in total. The number of carboxylic acids is 1. The van der Waals surface area contributed by atoms with Crippen LogP contribution < -0.4 is 4.74 Å². The first-order valence-corrected chi connectivity index (χ1v) is 4.93. The van der Waals surface area contributed by atoms with Crippen molar-refractivity contribution in [2.24, 2.45) is 5.41 Å². The van der Waals surface area contributed by atoms with Crippen LogP contribution in [-0.4, -0.2) is 18.2 Å². The van der Waals surface area contributed by atoms with E-state index >= 15 is 0 Å². The lowest BCUT2D eigenvalue weighted by atomic mass is 9.85. The molecule has 0 aliphatic rings. The Morgan fingerprint density at radius 2 is 2.12 bits per heavy atom. The van der Waals surface area contributed by atoms with E-state index in [4.69, 9.17) is 9.84 Å². The summed E-state index contributed by atoms with van der Waals surface area (Å²) in [4.78, 5) is 11.0. The summed E-state index contributed by atoms with van der Waals surface area (Å²) in [5.74, 6) is -1.01. The van der Waals surface area contributed by atoms with Gasteiger partial charge in [0.15, 0.2) is 0 Å². The molecule has 1 aromatic carbocycles. The largest absolute Gasteiger partial charge is 0.496 e. The Balaban J connectivity index is 3.09. The number of benzene rings is 1. The van der Waals surface area contributed by atoms with Gasteiger partial charge in [0.25, 0.3) is 0 Å². The summed E-state index contributed by atoms with van der Waals surface area (Å²) in [5, 5.41) is 8.99. The topological polar surface area (TPSA) is 46.5 Å². The van der Waals surface area contributed by atoms with Crippen LogP contribution in [0, 0.1) is 11.2 Å². The number of carbonyl (C=O) groups is 1. The third-order valence-electron chi connectivity index (χ3n) is 2.49. The number of hydrogen-bond donors (Lipinski definition) is 1. The van der Waals surface area contributed by atoms with Crippen LogP contribution in [0.4, 0.5) is 4.39 Å². The lowest BCUT2D eigenvalue weighted by Crippen LogP contribution is -2.26. The number of aliphatic carboxylic acids is 1. The van der Waals surface area contributed by atoms with Gasteiger partial charge in [0.2, 0.25) is 0 Å². The molecule has 0 heterocycles. The SMILES string of the molecule is COc1cccc(F)c1CC(C)(C)C(=O)O. The minimum atomic E-state index is -1.02. The Bertz CT molecular complexity index is 399. The average molecular weight is 226 g/mol. The van der Waals surface area contributed by atoms with Gasteiger partial charge in [-0.2, -0.15) is 0 Å². The maximum absolute atomic E-state index is 13.6.